The topological polar surface area (TPSA) is 67.3 Å². The van der Waals surface area contributed by atoms with E-state index in [2.05, 4.69) is 24.9 Å². The highest BCUT2D eigenvalue weighted by Crippen LogP contribution is 2.36. The summed E-state index contributed by atoms with van der Waals surface area (Å²) in [5, 5.41) is 0. The molecule has 0 aliphatic rings. The van der Waals surface area contributed by atoms with Gasteiger partial charge in [-0.15, -0.1) is 0 Å². The van der Waals surface area contributed by atoms with Gasteiger partial charge in [-0.25, -0.2) is 15.0 Å². The van der Waals surface area contributed by atoms with Crippen LogP contribution in [0.5, 0.6) is 0 Å². The molecule has 0 amide bonds. The van der Waals surface area contributed by atoms with Crippen molar-refractivity contribution in [1.29, 1.82) is 0 Å². The molecule has 0 aliphatic heterocycles. The number of fused-ring (bicyclic) bond motifs is 1. The van der Waals surface area contributed by atoms with E-state index in [1.165, 1.54) is 0 Å². The number of imidazole rings is 1. The number of nitrogens with zero attached hydrogens (tertiary/aromatic N) is 4. The fourth-order valence-corrected chi connectivity index (χ4v) is 2.07. The van der Waals surface area contributed by atoms with Gasteiger partial charge in [-0.2, -0.15) is 39.5 Å². The zero-order valence-corrected chi connectivity index (χ0v) is 12.4. The second-order valence-corrected chi connectivity index (χ2v) is 5.11. The van der Waals surface area contributed by atoms with Gasteiger partial charge in [-0.05, 0) is 12.1 Å². The minimum atomic E-state index is -5.26. The van der Waals surface area contributed by atoms with Crippen molar-refractivity contribution in [3.63, 3.8) is 0 Å². The molecule has 0 atom stereocenters. The van der Waals surface area contributed by atoms with E-state index in [1.54, 1.807) is 0 Å². The predicted octanol–water partition coefficient (Wildman–Crippen LogP) is 4.47. The first-order chi connectivity index (χ1) is 12.3. The normalized spacial score (nSPS) is 13.4. The molecule has 0 aromatic carbocycles. The Morgan fingerprint density at radius 3 is 1.89 bits per heavy atom. The van der Waals surface area contributed by atoms with Crippen molar-refractivity contribution in [2.75, 3.05) is 0 Å². The number of alkyl halides is 9. The van der Waals surface area contributed by atoms with Crippen molar-refractivity contribution in [2.45, 2.75) is 18.5 Å². The molecule has 3 heterocycles. The van der Waals surface area contributed by atoms with Crippen LogP contribution in [0.4, 0.5) is 39.5 Å². The molecule has 1 N–H and O–H groups in total. The lowest BCUT2D eigenvalue weighted by molar-refractivity contribution is -0.151. The number of nitrogens with one attached hydrogen (secondary N) is 1. The molecule has 3 aromatic rings. The first kappa shape index (κ1) is 18.8. The molecule has 3 rings (SSSR count). The molecule has 0 fully saturated rings. The molecular weight excluding hydrogens is 397 g/mol. The molecule has 0 unspecified atom stereocenters. The van der Waals surface area contributed by atoms with Crippen molar-refractivity contribution in [3.05, 3.63) is 35.5 Å². The summed E-state index contributed by atoms with van der Waals surface area (Å²) in [6.45, 7) is 0. The molecule has 0 aliphatic carbocycles. The standard InChI is InChI=1S/C13H4F9N5/c14-11(15,16)5-2-1-4(3-23-5)8-24-6-7(12(17,18)19)25-10(13(20,21)22)27-9(6)26-8/h1-3H,(H,24,25,26,27). The van der Waals surface area contributed by atoms with E-state index < -0.39 is 52.7 Å². The SMILES string of the molecule is FC(F)(F)c1ccc(-c2nc3nc(C(F)(F)F)nc(C(F)(F)F)c3[nH]2)cn1. The number of pyridine rings is 1. The zero-order valence-electron chi connectivity index (χ0n) is 12.4. The average molecular weight is 401 g/mol. The number of rotatable bonds is 1. The maximum atomic E-state index is 13.0. The van der Waals surface area contributed by atoms with Gasteiger partial charge in [0, 0.05) is 11.8 Å². The van der Waals surface area contributed by atoms with E-state index in [1.807, 2.05) is 0 Å². The van der Waals surface area contributed by atoms with Gasteiger partial charge in [0.2, 0.25) is 5.82 Å². The highest BCUT2D eigenvalue weighted by Gasteiger charge is 2.42. The molecule has 0 saturated heterocycles. The van der Waals surface area contributed by atoms with Gasteiger partial charge in [0.05, 0.1) is 0 Å². The van der Waals surface area contributed by atoms with Crippen LogP contribution < -0.4 is 0 Å². The molecule has 0 radical (unpaired) electrons. The van der Waals surface area contributed by atoms with Crippen LogP contribution in [0, 0.1) is 0 Å². The minimum absolute atomic E-state index is 0.192. The number of hydrogen-bond donors (Lipinski definition) is 1. The van der Waals surface area contributed by atoms with Gasteiger partial charge in [-0.3, -0.25) is 4.98 Å². The lowest BCUT2D eigenvalue weighted by Gasteiger charge is -2.09. The molecule has 0 saturated carbocycles. The maximum absolute atomic E-state index is 13.0. The van der Waals surface area contributed by atoms with Gasteiger partial charge in [-0.1, -0.05) is 0 Å². The third kappa shape index (κ3) is 3.64. The number of H-pyrrole nitrogens is 1. The third-order valence-electron chi connectivity index (χ3n) is 3.20. The summed E-state index contributed by atoms with van der Waals surface area (Å²) in [5.74, 6) is -2.50. The molecule has 14 heteroatoms. The van der Waals surface area contributed by atoms with Crippen molar-refractivity contribution in [2.24, 2.45) is 0 Å². The quantitative estimate of drug-likeness (QED) is 0.611. The molecule has 5 nitrogen and oxygen atoms in total. The van der Waals surface area contributed by atoms with Gasteiger partial charge in [0.15, 0.2) is 11.3 Å². The Labute approximate surface area is 142 Å². The van der Waals surface area contributed by atoms with Crippen LogP contribution in [0.25, 0.3) is 22.6 Å². The van der Waals surface area contributed by atoms with E-state index in [4.69, 9.17) is 0 Å². The molecule has 3 aromatic heterocycles. The Bertz CT molecular complexity index is 983. The van der Waals surface area contributed by atoms with Crippen LogP contribution in [0.3, 0.4) is 0 Å². The second-order valence-electron chi connectivity index (χ2n) is 5.11. The van der Waals surface area contributed by atoms with Gasteiger partial charge < -0.3 is 4.98 Å². The van der Waals surface area contributed by atoms with Crippen molar-refractivity contribution >= 4 is 11.2 Å². The summed E-state index contributed by atoms with van der Waals surface area (Å²) in [5.41, 5.74) is -5.25. The summed E-state index contributed by atoms with van der Waals surface area (Å²) in [7, 11) is 0. The summed E-state index contributed by atoms with van der Waals surface area (Å²) >= 11 is 0. The average Bonchev–Trinajstić information content (AvgIpc) is 2.95. The Morgan fingerprint density at radius 2 is 1.41 bits per heavy atom. The van der Waals surface area contributed by atoms with Crippen LogP contribution >= 0.6 is 0 Å². The minimum Gasteiger partial charge on any atom is -0.335 e. The Kier molecular flexibility index (Phi) is 4.04. The predicted molar refractivity (Wildman–Crippen MR) is 69.9 cm³/mol. The van der Waals surface area contributed by atoms with Crippen molar-refractivity contribution in [3.8, 4) is 11.4 Å². The van der Waals surface area contributed by atoms with Gasteiger partial charge in [0.1, 0.15) is 17.0 Å². The highest BCUT2D eigenvalue weighted by atomic mass is 19.4. The number of hydrogen-bond acceptors (Lipinski definition) is 4. The van der Waals surface area contributed by atoms with Crippen LogP contribution in [0.1, 0.15) is 17.2 Å². The summed E-state index contributed by atoms with van der Waals surface area (Å²) in [6.07, 6.45) is -14.6. The monoisotopic (exact) mass is 401 g/mol. The van der Waals surface area contributed by atoms with Crippen LogP contribution in [-0.4, -0.2) is 24.9 Å². The fraction of sp³-hybridized carbons (Fsp3) is 0.231. The molecular formula is C13H4F9N5. The summed E-state index contributed by atoms with van der Waals surface area (Å²) < 4.78 is 115. The Balaban J connectivity index is 2.17. The van der Waals surface area contributed by atoms with E-state index in [-0.39, 0.29) is 5.56 Å². The zero-order chi connectivity index (χ0) is 20.2. The first-order valence-electron chi connectivity index (χ1n) is 6.72. The molecule has 0 bridgehead atoms. The lowest BCUT2D eigenvalue weighted by Crippen LogP contribution is -2.17. The number of aromatic amines is 1. The molecule has 27 heavy (non-hydrogen) atoms. The number of halogens is 9. The number of aromatic nitrogens is 5. The first-order valence-corrected chi connectivity index (χ1v) is 6.72. The highest BCUT2D eigenvalue weighted by molar-refractivity contribution is 5.78. The smallest absolute Gasteiger partial charge is 0.335 e. The lowest BCUT2D eigenvalue weighted by atomic mass is 10.2. The van der Waals surface area contributed by atoms with E-state index in [0.717, 1.165) is 6.07 Å². The molecule has 144 valence electrons. The fourth-order valence-electron chi connectivity index (χ4n) is 2.07. The van der Waals surface area contributed by atoms with Gasteiger partial charge in [0.25, 0.3) is 0 Å². The third-order valence-corrected chi connectivity index (χ3v) is 3.20. The van der Waals surface area contributed by atoms with E-state index in [0.29, 0.717) is 12.3 Å². The molecule has 0 spiro atoms. The van der Waals surface area contributed by atoms with Crippen molar-refractivity contribution < 1.29 is 39.5 Å². The van der Waals surface area contributed by atoms with Crippen LogP contribution in [0.15, 0.2) is 18.3 Å². The van der Waals surface area contributed by atoms with Crippen LogP contribution in [0.2, 0.25) is 0 Å². The second kappa shape index (κ2) is 5.79. The van der Waals surface area contributed by atoms with E-state index in [9.17, 15) is 39.5 Å². The van der Waals surface area contributed by atoms with Crippen LogP contribution in [-0.2, 0) is 18.5 Å². The largest absolute Gasteiger partial charge is 0.451 e. The Morgan fingerprint density at radius 1 is 0.741 bits per heavy atom. The van der Waals surface area contributed by atoms with Crippen molar-refractivity contribution in [1.82, 2.24) is 24.9 Å². The Hall–Kier alpha value is -2.93. The summed E-state index contributed by atoms with van der Waals surface area (Å²) in [6, 6.07) is 1.39. The summed E-state index contributed by atoms with van der Waals surface area (Å²) in [4.78, 5) is 14.1. The maximum Gasteiger partial charge on any atom is 0.451 e. The van der Waals surface area contributed by atoms with Gasteiger partial charge >= 0.3 is 18.5 Å². The van der Waals surface area contributed by atoms with E-state index >= 15 is 0 Å².